The first-order valence-corrected chi connectivity index (χ1v) is 6.76. The minimum absolute atomic E-state index is 0.159. The van der Waals surface area contributed by atoms with Crippen LogP contribution < -0.4 is 4.74 Å². The predicted octanol–water partition coefficient (Wildman–Crippen LogP) is 3.17. The predicted molar refractivity (Wildman–Crippen MR) is 71.3 cm³/mol. The van der Waals surface area contributed by atoms with Crippen LogP contribution in [0.3, 0.4) is 0 Å². The molecule has 1 heterocycles. The molecule has 4 nitrogen and oxygen atoms in total. The molecule has 0 spiro atoms. The molecule has 0 bridgehead atoms. The molecular formula is C15H20O4. The van der Waals surface area contributed by atoms with Crippen molar-refractivity contribution in [3.05, 3.63) is 29.8 Å². The van der Waals surface area contributed by atoms with Gasteiger partial charge in [0.2, 0.25) is 0 Å². The van der Waals surface area contributed by atoms with E-state index < -0.39 is 5.97 Å². The van der Waals surface area contributed by atoms with E-state index in [9.17, 15) is 4.79 Å². The van der Waals surface area contributed by atoms with Gasteiger partial charge in [-0.3, -0.25) is 4.79 Å². The Morgan fingerprint density at radius 1 is 1.53 bits per heavy atom. The van der Waals surface area contributed by atoms with Gasteiger partial charge in [0.25, 0.3) is 0 Å². The van der Waals surface area contributed by atoms with Crippen LogP contribution in [0.4, 0.5) is 0 Å². The number of hydrogen-bond donors (Lipinski definition) is 1. The summed E-state index contributed by atoms with van der Waals surface area (Å²) in [5.74, 6) is 0.213. The summed E-state index contributed by atoms with van der Waals surface area (Å²) >= 11 is 0. The van der Waals surface area contributed by atoms with Gasteiger partial charge in [-0.15, -0.1) is 0 Å². The van der Waals surface area contributed by atoms with E-state index in [1.54, 1.807) is 0 Å². The lowest BCUT2D eigenvalue weighted by molar-refractivity contribution is -0.137. The van der Waals surface area contributed by atoms with Crippen molar-refractivity contribution in [3.63, 3.8) is 0 Å². The van der Waals surface area contributed by atoms with E-state index in [1.165, 1.54) is 0 Å². The third-order valence-corrected chi connectivity index (χ3v) is 3.39. The van der Waals surface area contributed by atoms with Gasteiger partial charge in [-0.25, -0.2) is 0 Å². The van der Waals surface area contributed by atoms with Crippen LogP contribution in [0.15, 0.2) is 24.3 Å². The van der Waals surface area contributed by atoms with Crippen LogP contribution in [0.25, 0.3) is 0 Å². The number of benzene rings is 1. The maximum atomic E-state index is 10.6. The zero-order chi connectivity index (χ0) is 13.7. The molecule has 4 heteroatoms. The second-order valence-corrected chi connectivity index (χ2v) is 4.93. The molecule has 19 heavy (non-hydrogen) atoms. The largest absolute Gasteiger partial charge is 0.481 e. The molecule has 2 atom stereocenters. The van der Waals surface area contributed by atoms with Gasteiger partial charge in [-0.2, -0.15) is 0 Å². The van der Waals surface area contributed by atoms with Gasteiger partial charge in [0, 0.05) is 12.8 Å². The van der Waals surface area contributed by atoms with Gasteiger partial charge in [-0.1, -0.05) is 25.1 Å². The standard InChI is InChI=1S/C15H20O4/c1-11(8-9-14(16)17)12-5-2-3-6-13(12)19-15-7-4-10-18-15/h2-3,5-6,11,15H,4,7-10H2,1H3,(H,16,17). The van der Waals surface area contributed by atoms with Gasteiger partial charge in [0.1, 0.15) is 5.75 Å². The van der Waals surface area contributed by atoms with E-state index in [0.717, 1.165) is 30.8 Å². The van der Waals surface area contributed by atoms with Gasteiger partial charge in [0.15, 0.2) is 6.29 Å². The summed E-state index contributed by atoms with van der Waals surface area (Å²) in [5, 5.41) is 8.76. The Hall–Kier alpha value is -1.55. The number of para-hydroxylation sites is 1. The number of aliphatic carboxylic acids is 1. The van der Waals surface area contributed by atoms with Crippen LogP contribution in [0, 0.1) is 0 Å². The lowest BCUT2D eigenvalue weighted by atomic mass is 9.95. The highest BCUT2D eigenvalue weighted by molar-refractivity contribution is 5.66. The number of carbonyl (C=O) groups is 1. The van der Waals surface area contributed by atoms with Crippen molar-refractivity contribution in [1.29, 1.82) is 0 Å². The van der Waals surface area contributed by atoms with Crippen LogP contribution >= 0.6 is 0 Å². The Balaban J connectivity index is 2.04. The second-order valence-electron chi connectivity index (χ2n) is 4.93. The molecule has 1 N–H and O–H groups in total. The normalized spacial score (nSPS) is 20.2. The van der Waals surface area contributed by atoms with Gasteiger partial charge in [-0.05, 0) is 30.4 Å². The van der Waals surface area contributed by atoms with Crippen LogP contribution in [0.5, 0.6) is 5.75 Å². The first-order chi connectivity index (χ1) is 9.16. The fourth-order valence-electron chi connectivity index (χ4n) is 2.27. The Bertz CT molecular complexity index is 424. The smallest absolute Gasteiger partial charge is 0.303 e. The van der Waals surface area contributed by atoms with E-state index >= 15 is 0 Å². The third-order valence-electron chi connectivity index (χ3n) is 3.39. The molecule has 0 saturated carbocycles. The minimum Gasteiger partial charge on any atom is -0.481 e. The SMILES string of the molecule is CC(CCC(=O)O)c1ccccc1OC1CCCO1. The molecule has 1 saturated heterocycles. The van der Waals surface area contributed by atoms with Gasteiger partial charge in [0.05, 0.1) is 6.61 Å². The third kappa shape index (κ3) is 3.96. The number of carboxylic acid groups (broad SMARTS) is 1. The molecular weight excluding hydrogens is 244 g/mol. The summed E-state index contributed by atoms with van der Waals surface area (Å²) in [7, 11) is 0. The summed E-state index contributed by atoms with van der Waals surface area (Å²) in [5.41, 5.74) is 1.05. The van der Waals surface area contributed by atoms with Crippen molar-refractivity contribution in [1.82, 2.24) is 0 Å². The Morgan fingerprint density at radius 3 is 3.00 bits per heavy atom. The highest BCUT2D eigenvalue weighted by atomic mass is 16.7. The monoisotopic (exact) mass is 264 g/mol. The molecule has 1 aromatic rings. The fourth-order valence-corrected chi connectivity index (χ4v) is 2.27. The number of rotatable bonds is 6. The van der Waals surface area contributed by atoms with Crippen LogP contribution in [-0.4, -0.2) is 24.0 Å². The minimum atomic E-state index is -0.760. The molecule has 0 amide bonds. The molecule has 2 rings (SSSR count). The molecule has 104 valence electrons. The summed E-state index contributed by atoms with van der Waals surface area (Å²) < 4.78 is 11.3. The van der Waals surface area contributed by atoms with E-state index in [0.29, 0.717) is 6.42 Å². The molecule has 1 aromatic carbocycles. The molecule has 0 aliphatic carbocycles. The zero-order valence-electron chi connectivity index (χ0n) is 11.2. The summed E-state index contributed by atoms with van der Waals surface area (Å²) in [4.78, 5) is 10.6. The van der Waals surface area contributed by atoms with Crippen LogP contribution in [0.2, 0.25) is 0 Å². The maximum absolute atomic E-state index is 10.6. The van der Waals surface area contributed by atoms with Crippen molar-refractivity contribution in [2.45, 2.75) is 44.8 Å². The highest BCUT2D eigenvalue weighted by Crippen LogP contribution is 2.31. The van der Waals surface area contributed by atoms with Crippen molar-refractivity contribution >= 4 is 5.97 Å². The lowest BCUT2D eigenvalue weighted by Crippen LogP contribution is -2.15. The molecule has 1 aliphatic rings. The van der Waals surface area contributed by atoms with E-state index in [4.69, 9.17) is 14.6 Å². The Labute approximate surface area is 113 Å². The summed E-state index contributed by atoms with van der Waals surface area (Å²) in [6.45, 7) is 2.78. The lowest BCUT2D eigenvalue weighted by Gasteiger charge is -2.19. The van der Waals surface area contributed by atoms with E-state index in [2.05, 4.69) is 0 Å². The van der Waals surface area contributed by atoms with Gasteiger partial charge < -0.3 is 14.6 Å². The number of hydrogen-bond acceptors (Lipinski definition) is 3. The highest BCUT2D eigenvalue weighted by Gasteiger charge is 2.20. The number of carboxylic acids is 1. The number of ether oxygens (including phenoxy) is 2. The molecule has 2 unspecified atom stereocenters. The summed E-state index contributed by atoms with van der Waals surface area (Å²) in [6.07, 6.45) is 2.57. The van der Waals surface area contributed by atoms with Crippen molar-refractivity contribution in [2.75, 3.05) is 6.61 Å². The summed E-state index contributed by atoms with van der Waals surface area (Å²) in [6, 6.07) is 7.80. The Morgan fingerprint density at radius 2 is 2.32 bits per heavy atom. The average Bonchev–Trinajstić information content (AvgIpc) is 2.89. The molecule has 1 fully saturated rings. The van der Waals surface area contributed by atoms with Crippen molar-refractivity contribution in [2.24, 2.45) is 0 Å². The van der Waals surface area contributed by atoms with E-state index in [-0.39, 0.29) is 18.6 Å². The van der Waals surface area contributed by atoms with Crippen molar-refractivity contribution < 1.29 is 19.4 Å². The first kappa shape index (κ1) is 13.9. The Kier molecular flexibility index (Phi) is 4.80. The average molecular weight is 264 g/mol. The zero-order valence-corrected chi connectivity index (χ0v) is 11.2. The fraction of sp³-hybridized carbons (Fsp3) is 0.533. The second kappa shape index (κ2) is 6.57. The molecule has 1 aliphatic heterocycles. The topological polar surface area (TPSA) is 55.8 Å². The van der Waals surface area contributed by atoms with E-state index in [1.807, 2.05) is 31.2 Å². The quantitative estimate of drug-likeness (QED) is 0.857. The molecule has 0 aromatic heterocycles. The first-order valence-electron chi connectivity index (χ1n) is 6.76. The van der Waals surface area contributed by atoms with Crippen molar-refractivity contribution in [3.8, 4) is 5.75 Å². The maximum Gasteiger partial charge on any atom is 0.303 e. The van der Waals surface area contributed by atoms with Gasteiger partial charge >= 0.3 is 5.97 Å². The van der Waals surface area contributed by atoms with Crippen LogP contribution in [0.1, 0.15) is 44.1 Å². The molecule has 0 radical (unpaired) electrons. The van der Waals surface area contributed by atoms with Crippen LogP contribution in [-0.2, 0) is 9.53 Å².